The molecule has 2 aliphatic carbocycles. The lowest BCUT2D eigenvalue weighted by Gasteiger charge is -2.38. The van der Waals surface area contributed by atoms with Gasteiger partial charge in [0.15, 0.2) is 0 Å². The van der Waals surface area contributed by atoms with Gasteiger partial charge in [0.1, 0.15) is 5.60 Å². The molecule has 0 unspecified atom stereocenters. The lowest BCUT2D eigenvalue weighted by molar-refractivity contribution is 0.125. The molecule has 31 heavy (non-hydrogen) atoms. The van der Waals surface area contributed by atoms with Gasteiger partial charge in [-0.05, 0) is 68.6 Å². The van der Waals surface area contributed by atoms with Gasteiger partial charge in [0, 0.05) is 5.57 Å². The van der Waals surface area contributed by atoms with Crippen LogP contribution in [-0.4, -0.2) is 16.4 Å². The van der Waals surface area contributed by atoms with Crippen LogP contribution < -0.4 is 0 Å². The number of rotatable bonds is 5. The summed E-state index contributed by atoms with van der Waals surface area (Å²) in [5.74, 6) is 5.27. The minimum Gasteiger partial charge on any atom is -0.376 e. The van der Waals surface area contributed by atoms with Crippen molar-refractivity contribution in [1.29, 1.82) is 0 Å². The second-order valence-electron chi connectivity index (χ2n) is 9.82. The van der Waals surface area contributed by atoms with E-state index in [0.29, 0.717) is 0 Å². The van der Waals surface area contributed by atoms with Crippen LogP contribution in [0.25, 0.3) is 0 Å². The van der Waals surface area contributed by atoms with Crippen LogP contribution in [0.2, 0.25) is 0 Å². The van der Waals surface area contributed by atoms with E-state index in [-0.39, 0.29) is 0 Å². The quantitative estimate of drug-likeness (QED) is 0.475. The molecule has 0 amide bonds. The van der Waals surface area contributed by atoms with Gasteiger partial charge in [0.25, 0.3) is 0 Å². The monoisotopic (exact) mass is 431 g/mol. The standard InChI is InChI=1S/C29H36OP/c30-29(24-13-5-1-6-14-24,25-15-7-2-8-16-25)26-21-22-31(23-26,27-17-9-3-10-18-27)28-19-11-4-12-20-28/h1-2,5-8,13-16,21-23,27-28,30H,3-4,9-12,17-20H2/q+1. The average molecular weight is 432 g/mol. The highest BCUT2D eigenvalue weighted by atomic mass is 31.2. The third-order valence-corrected chi connectivity index (χ3v) is 13.0. The van der Waals surface area contributed by atoms with Gasteiger partial charge in [-0.1, -0.05) is 73.5 Å². The second kappa shape index (κ2) is 9.05. The SMILES string of the molecule is OC(C1=C[P+](C2CCCCC2)(C2CCCCC2)C=C1)(c1ccccc1)c1ccccc1. The Morgan fingerprint density at radius 1 is 0.645 bits per heavy atom. The van der Waals surface area contributed by atoms with E-state index in [1.165, 1.54) is 64.2 Å². The predicted molar refractivity (Wildman–Crippen MR) is 134 cm³/mol. The summed E-state index contributed by atoms with van der Waals surface area (Å²) in [6, 6.07) is 20.6. The lowest BCUT2D eigenvalue weighted by atomic mass is 9.81. The third-order valence-electron chi connectivity index (χ3n) is 8.09. The maximum atomic E-state index is 12.4. The molecule has 2 fully saturated rings. The van der Waals surface area contributed by atoms with Gasteiger partial charge in [-0.2, -0.15) is 0 Å². The summed E-state index contributed by atoms with van der Waals surface area (Å²) in [7, 11) is -1.39. The summed E-state index contributed by atoms with van der Waals surface area (Å²) in [5, 5.41) is 12.4. The van der Waals surface area contributed by atoms with Crippen molar-refractivity contribution < 1.29 is 5.11 Å². The summed E-state index contributed by atoms with van der Waals surface area (Å²) in [6.07, 6.45) is 16.2. The van der Waals surface area contributed by atoms with Crippen LogP contribution in [0.1, 0.15) is 75.3 Å². The number of benzene rings is 2. The molecule has 1 heterocycles. The van der Waals surface area contributed by atoms with E-state index < -0.39 is 12.9 Å². The highest BCUT2D eigenvalue weighted by Gasteiger charge is 2.53. The highest BCUT2D eigenvalue weighted by molar-refractivity contribution is 7.83. The first-order valence-corrected chi connectivity index (χ1v) is 14.4. The molecule has 2 heteroatoms. The molecule has 2 aromatic rings. The van der Waals surface area contributed by atoms with E-state index in [0.717, 1.165) is 28.0 Å². The zero-order valence-electron chi connectivity index (χ0n) is 18.6. The van der Waals surface area contributed by atoms with Gasteiger partial charge in [0.05, 0.1) is 30.2 Å². The molecule has 0 spiro atoms. The van der Waals surface area contributed by atoms with Crippen LogP contribution in [0.3, 0.4) is 0 Å². The fourth-order valence-corrected chi connectivity index (χ4v) is 11.7. The third kappa shape index (κ3) is 3.85. The number of aliphatic hydroxyl groups is 1. The molecule has 0 bridgehead atoms. The average Bonchev–Trinajstić information content (AvgIpc) is 3.33. The maximum Gasteiger partial charge on any atom is 0.143 e. The Morgan fingerprint density at radius 3 is 1.55 bits per heavy atom. The van der Waals surface area contributed by atoms with Crippen molar-refractivity contribution in [3.63, 3.8) is 0 Å². The Morgan fingerprint density at radius 2 is 1.10 bits per heavy atom. The molecule has 162 valence electrons. The molecule has 1 nitrogen and oxygen atoms in total. The van der Waals surface area contributed by atoms with E-state index in [4.69, 9.17) is 0 Å². The predicted octanol–water partition coefficient (Wildman–Crippen LogP) is 8.02. The maximum absolute atomic E-state index is 12.4. The topological polar surface area (TPSA) is 20.2 Å². The minimum absolute atomic E-state index is 0.828. The molecule has 1 N–H and O–H groups in total. The minimum atomic E-state index is -1.39. The molecular weight excluding hydrogens is 395 g/mol. The first-order chi connectivity index (χ1) is 15.2. The van der Waals surface area contributed by atoms with Crippen LogP contribution in [-0.2, 0) is 5.60 Å². The van der Waals surface area contributed by atoms with E-state index >= 15 is 0 Å². The van der Waals surface area contributed by atoms with Crippen molar-refractivity contribution in [3.05, 3.63) is 95.1 Å². The first kappa shape index (κ1) is 21.2. The van der Waals surface area contributed by atoms with E-state index in [9.17, 15) is 5.11 Å². The van der Waals surface area contributed by atoms with E-state index in [1.807, 2.05) is 36.4 Å². The normalized spacial score (nSPS) is 22.4. The molecule has 5 rings (SSSR count). The lowest BCUT2D eigenvalue weighted by Crippen LogP contribution is -2.29. The Bertz CT molecular complexity index is 860. The molecule has 2 saturated carbocycles. The van der Waals surface area contributed by atoms with Crippen molar-refractivity contribution in [2.24, 2.45) is 0 Å². The first-order valence-electron chi connectivity index (χ1n) is 12.4. The highest BCUT2D eigenvalue weighted by Crippen LogP contribution is 2.77. The van der Waals surface area contributed by atoms with Gasteiger partial charge in [-0.15, -0.1) is 0 Å². The van der Waals surface area contributed by atoms with Gasteiger partial charge in [-0.25, -0.2) is 0 Å². The summed E-state index contributed by atoms with van der Waals surface area (Å²) >= 11 is 0. The Kier molecular flexibility index (Phi) is 6.18. The van der Waals surface area contributed by atoms with Crippen molar-refractivity contribution in [2.45, 2.75) is 81.1 Å². The number of hydrogen-bond donors (Lipinski definition) is 1. The van der Waals surface area contributed by atoms with Gasteiger partial charge in [-0.3, -0.25) is 0 Å². The van der Waals surface area contributed by atoms with E-state index in [1.54, 1.807) is 0 Å². The van der Waals surface area contributed by atoms with Crippen molar-refractivity contribution in [2.75, 3.05) is 0 Å². The Balaban J connectivity index is 1.62. The van der Waals surface area contributed by atoms with Gasteiger partial charge >= 0.3 is 0 Å². The van der Waals surface area contributed by atoms with Crippen LogP contribution in [0.15, 0.2) is 83.9 Å². The molecule has 0 radical (unpaired) electrons. The van der Waals surface area contributed by atoms with Crippen molar-refractivity contribution in [3.8, 4) is 0 Å². The van der Waals surface area contributed by atoms with Crippen molar-refractivity contribution in [1.82, 2.24) is 0 Å². The molecule has 3 aliphatic rings. The molecule has 0 aromatic heterocycles. The van der Waals surface area contributed by atoms with E-state index in [2.05, 4.69) is 42.0 Å². The van der Waals surface area contributed by atoms with Gasteiger partial charge in [0.2, 0.25) is 0 Å². The summed E-state index contributed by atoms with van der Waals surface area (Å²) < 4.78 is 0. The molecule has 2 aromatic carbocycles. The van der Waals surface area contributed by atoms with Crippen molar-refractivity contribution >= 4 is 7.26 Å². The zero-order valence-corrected chi connectivity index (χ0v) is 19.5. The van der Waals surface area contributed by atoms with Crippen LogP contribution >= 0.6 is 7.26 Å². The largest absolute Gasteiger partial charge is 0.376 e. The summed E-state index contributed by atoms with van der Waals surface area (Å²) in [6.45, 7) is 0. The van der Waals surface area contributed by atoms with Gasteiger partial charge < -0.3 is 5.11 Å². The molecule has 1 aliphatic heterocycles. The smallest absolute Gasteiger partial charge is 0.143 e. The molecular formula is C29H36OP+. The van der Waals surface area contributed by atoms with Crippen LogP contribution in [0.5, 0.6) is 0 Å². The fraction of sp³-hybridized carbons (Fsp3) is 0.448. The fourth-order valence-electron chi connectivity index (χ4n) is 6.42. The zero-order chi connectivity index (χ0) is 21.2. The Labute approximate surface area is 188 Å². The molecule has 0 saturated heterocycles. The summed E-state index contributed by atoms with van der Waals surface area (Å²) in [4.78, 5) is 0. The Hall–Kier alpha value is -1.69. The van der Waals surface area contributed by atoms with Crippen LogP contribution in [0, 0.1) is 0 Å². The van der Waals surface area contributed by atoms with Crippen LogP contribution in [0.4, 0.5) is 0 Å². The molecule has 0 atom stereocenters. The number of hydrogen-bond acceptors (Lipinski definition) is 1. The second-order valence-corrected chi connectivity index (χ2v) is 13.6. The summed E-state index contributed by atoms with van der Waals surface area (Å²) in [5.41, 5.74) is 3.65.